The Kier molecular flexibility index (Phi) is 4.04. The molecule has 0 amide bonds. The minimum atomic E-state index is 0.788. The molecule has 2 fully saturated rings. The van der Waals surface area contributed by atoms with Gasteiger partial charge in [0, 0.05) is 12.1 Å². The van der Waals surface area contributed by atoms with Gasteiger partial charge in [0.1, 0.15) is 0 Å². The highest BCUT2D eigenvalue weighted by Gasteiger charge is 2.29. The van der Waals surface area contributed by atoms with E-state index in [1.807, 2.05) is 0 Å². The molecular weight excluding hydrogens is 184 g/mol. The predicted molar refractivity (Wildman–Crippen MR) is 65.1 cm³/mol. The average Bonchev–Trinajstić information content (AvgIpc) is 2.62. The summed E-state index contributed by atoms with van der Waals surface area (Å²) >= 11 is 0. The van der Waals surface area contributed by atoms with Crippen molar-refractivity contribution in [1.29, 1.82) is 0 Å². The SMILES string of the molecule is CNC1CCC(N2CCCC(C)CC2)C1. The summed E-state index contributed by atoms with van der Waals surface area (Å²) in [7, 11) is 2.11. The fourth-order valence-electron chi connectivity index (χ4n) is 3.20. The second-order valence-corrected chi connectivity index (χ2v) is 5.52. The highest BCUT2D eigenvalue weighted by Crippen LogP contribution is 2.27. The lowest BCUT2D eigenvalue weighted by Gasteiger charge is -2.27. The highest BCUT2D eigenvalue weighted by atomic mass is 15.2. The van der Waals surface area contributed by atoms with Crippen molar-refractivity contribution in [1.82, 2.24) is 10.2 Å². The Hall–Kier alpha value is -0.0800. The standard InChI is InChI=1S/C13H26N2/c1-11-4-3-8-15(9-7-11)13-6-5-12(10-13)14-2/h11-14H,3-10H2,1-2H3. The van der Waals surface area contributed by atoms with Gasteiger partial charge in [-0.05, 0) is 64.6 Å². The smallest absolute Gasteiger partial charge is 0.0111 e. The van der Waals surface area contributed by atoms with E-state index < -0.39 is 0 Å². The molecule has 1 saturated carbocycles. The monoisotopic (exact) mass is 210 g/mol. The normalized spacial score (nSPS) is 39.2. The molecule has 1 heterocycles. The number of rotatable bonds is 2. The number of hydrogen-bond donors (Lipinski definition) is 1. The first-order chi connectivity index (χ1) is 7.29. The van der Waals surface area contributed by atoms with Gasteiger partial charge in [-0.15, -0.1) is 0 Å². The van der Waals surface area contributed by atoms with E-state index in [0.717, 1.165) is 18.0 Å². The third-order valence-corrected chi connectivity index (χ3v) is 4.38. The molecule has 15 heavy (non-hydrogen) atoms. The summed E-state index contributed by atoms with van der Waals surface area (Å²) in [5.41, 5.74) is 0. The Morgan fingerprint density at radius 2 is 1.93 bits per heavy atom. The van der Waals surface area contributed by atoms with Crippen LogP contribution in [0.5, 0.6) is 0 Å². The summed E-state index contributed by atoms with van der Waals surface area (Å²) in [6, 6.07) is 1.67. The fraction of sp³-hybridized carbons (Fsp3) is 1.00. The Morgan fingerprint density at radius 3 is 2.67 bits per heavy atom. The lowest BCUT2D eigenvalue weighted by Crippen LogP contribution is -2.35. The Balaban J connectivity index is 1.83. The van der Waals surface area contributed by atoms with Crippen LogP contribution in [0.2, 0.25) is 0 Å². The fourth-order valence-corrected chi connectivity index (χ4v) is 3.20. The molecule has 88 valence electrons. The van der Waals surface area contributed by atoms with Gasteiger partial charge >= 0.3 is 0 Å². The van der Waals surface area contributed by atoms with Crippen molar-refractivity contribution >= 4 is 0 Å². The molecule has 1 saturated heterocycles. The molecule has 0 aromatic rings. The Labute approximate surface area is 94.4 Å². The van der Waals surface area contributed by atoms with Crippen LogP contribution >= 0.6 is 0 Å². The van der Waals surface area contributed by atoms with E-state index in [1.54, 1.807) is 0 Å². The molecule has 1 N–H and O–H groups in total. The van der Waals surface area contributed by atoms with Crippen LogP contribution in [0.4, 0.5) is 0 Å². The minimum Gasteiger partial charge on any atom is -0.317 e. The maximum Gasteiger partial charge on any atom is 0.0111 e. The van der Waals surface area contributed by atoms with Crippen molar-refractivity contribution in [3.8, 4) is 0 Å². The molecule has 1 aliphatic heterocycles. The molecule has 0 radical (unpaired) electrons. The highest BCUT2D eigenvalue weighted by molar-refractivity contribution is 4.87. The lowest BCUT2D eigenvalue weighted by molar-refractivity contribution is 0.202. The molecule has 0 spiro atoms. The van der Waals surface area contributed by atoms with E-state index in [4.69, 9.17) is 0 Å². The van der Waals surface area contributed by atoms with E-state index in [0.29, 0.717) is 0 Å². The van der Waals surface area contributed by atoms with Crippen LogP contribution in [0.1, 0.15) is 45.4 Å². The maximum atomic E-state index is 3.43. The summed E-state index contributed by atoms with van der Waals surface area (Å²) in [5.74, 6) is 0.955. The molecule has 2 heteroatoms. The van der Waals surface area contributed by atoms with Gasteiger partial charge in [-0.3, -0.25) is 0 Å². The van der Waals surface area contributed by atoms with Crippen LogP contribution in [0, 0.1) is 5.92 Å². The van der Waals surface area contributed by atoms with Gasteiger partial charge < -0.3 is 10.2 Å². The number of likely N-dealkylation sites (tertiary alicyclic amines) is 1. The van der Waals surface area contributed by atoms with Crippen molar-refractivity contribution in [2.45, 2.75) is 57.5 Å². The van der Waals surface area contributed by atoms with Crippen molar-refractivity contribution in [3.63, 3.8) is 0 Å². The molecule has 3 atom stereocenters. The van der Waals surface area contributed by atoms with Crippen LogP contribution in [-0.4, -0.2) is 37.1 Å². The molecular formula is C13H26N2. The third-order valence-electron chi connectivity index (χ3n) is 4.38. The summed E-state index contributed by atoms with van der Waals surface area (Å²) < 4.78 is 0. The minimum absolute atomic E-state index is 0.788. The van der Waals surface area contributed by atoms with Gasteiger partial charge in [-0.25, -0.2) is 0 Å². The van der Waals surface area contributed by atoms with Crippen LogP contribution in [0.15, 0.2) is 0 Å². The van der Waals surface area contributed by atoms with Gasteiger partial charge in [0.05, 0.1) is 0 Å². The molecule has 2 aliphatic rings. The van der Waals surface area contributed by atoms with Crippen molar-refractivity contribution in [3.05, 3.63) is 0 Å². The van der Waals surface area contributed by atoms with Crippen LogP contribution in [0.25, 0.3) is 0 Å². The summed E-state index contributed by atoms with van der Waals surface area (Å²) in [5, 5.41) is 3.43. The molecule has 0 aromatic carbocycles. The third kappa shape index (κ3) is 2.94. The maximum absolute atomic E-state index is 3.43. The molecule has 0 bridgehead atoms. The zero-order valence-electron chi connectivity index (χ0n) is 10.3. The first-order valence-corrected chi connectivity index (χ1v) is 6.71. The van der Waals surface area contributed by atoms with Crippen molar-refractivity contribution < 1.29 is 0 Å². The van der Waals surface area contributed by atoms with E-state index in [-0.39, 0.29) is 0 Å². The van der Waals surface area contributed by atoms with Gasteiger partial charge in [0.15, 0.2) is 0 Å². The van der Waals surface area contributed by atoms with E-state index in [2.05, 4.69) is 24.2 Å². The molecule has 2 nitrogen and oxygen atoms in total. The molecule has 1 aliphatic carbocycles. The Bertz CT molecular complexity index is 193. The van der Waals surface area contributed by atoms with Gasteiger partial charge in [-0.1, -0.05) is 6.92 Å². The topological polar surface area (TPSA) is 15.3 Å². The lowest BCUT2D eigenvalue weighted by atomic mass is 10.0. The zero-order valence-corrected chi connectivity index (χ0v) is 10.3. The largest absolute Gasteiger partial charge is 0.317 e. The van der Waals surface area contributed by atoms with E-state index in [1.165, 1.54) is 51.6 Å². The number of nitrogens with one attached hydrogen (secondary N) is 1. The second-order valence-electron chi connectivity index (χ2n) is 5.52. The molecule has 2 rings (SSSR count). The van der Waals surface area contributed by atoms with Crippen LogP contribution in [-0.2, 0) is 0 Å². The number of nitrogens with zero attached hydrogens (tertiary/aromatic N) is 1. The first kappa shape index (κ1) is 11.4. The van der Waals surface area contributed by atoms with Crippen molar-refractivity contribution in [2.24, 2.45) is 5.92 Å². The molecule has 3 unspecified atom stereocenters. The van der Waals surface area contributed by atoms with Crippen LogP contribution in [0.3, 0.4) is 0 Å². The molecule has 0 aromatic heterocycles. The number of hydrogen-bond acceptors (Lipinski definition) is 2. The first-order valence-electron chi connectivity index (χ1n) is 6.71. The quantitative estimate of drug-likeness (QED) is 0.752. The van der Waals surface area contributed by atoms with Crippen LogP contribution < -0.4 is 5.32 Å². The second kappa shape index (κ2) is 5.31. The average molecular weight is 210 g/mol. The zero-order chi connectivity index (χ0) is 10.7. The Morgan fingerprint density at radius 1 is 1.07 bits per heavy atom. The summed E-state index contributed by atoms with van der Waals surface area (Å²) in [4.78, 5) is 2.76. The predicted octanol–water partition coefficient (Wildman–Crippen LogP) is 2.25. The summed E-state index contributed by atoms with van der Waals surface area (Å²) in [6.07, 6.45) is 8.46. The van der Waals surface area contributed by atoms with Gasteiger partial charge in [0.2, 0.25) is 0 Å². The van der Waals surface area contributed by atoms with E-state index >= 15 is 0 Å². The van der Waals surface area contributed by atoms with Crippen molar-refractivity contribution in [2.75, 3.05) is 20.1 Å². The van der Waals surface area contributed by atoms with Gasteiger partial charge in [0.25, 0.3) is 0 Å². The summed E-state index contributed by atoms with van der Waals surface area (Å²) in [6.45, 7) is 5.11. The van der Waals surface area contributed by atoms with Gasteiger partial charge in [-0.2, -0.15) is 0 Å². The van der Waals surface area contributed by atoms with E-state index in [9.17, 15) is 0 Å².